The van der Waals surface area contributed by atoms with Crippen molar-refractivity contribution in [2.45, 2.75) is 13.3 Å². The first-order valence-electron chi connectivity index (χ1n) is 4.36. The average Bonchev–Trinajstić information content (AvgIpc) is 2.61. The first-order chi connectivity index (χ1) is 6.76. The van der Waals surface area contributed by atoms with Gasteiger partial charge in [0, 0.05) is 0 Å². The van der Waals surface area contributed by atoms with Crippen molar-refractivity contribution in [1.82, 2.24) is 0 Å². The molecule has 70 valence electrons. The number of hydrogen-bond donors (Lipinski definition) is 0. The van der Waals surface area contributed by atoms with E-state index in [0.29, 0.717) is 10.3 Å². The van der Waals surface area contributed by atoms with Crippen LogP contribution in [-0.4, -0.2) is 0 Å². The summed E-state index contributed by atoms with van der Waals surface area (Å²) in [7, 11) is 0. The Labute approximate surface area is 85.4 Å². The van der Waals surface area contributed by atoms with Crippen LogP contribution in [-0.2, 0) is 6.42 Å². The van der Waals surface area contributed by atoms with Crippen molar-refractivity contribution in [2.24, 2.45) is 0 Å². The Morgan fingerprint density at radius 2 is 2.29 bits per heavy atom. The van der Waals surface area contributed by atoms with Crippen LogP contribution in [0.4, 0.5) is 4.39 Å². The Balaban J connectivity index is 2.82. The molecule has 2 rings (SSSR count). The third-order valence-electron chi connectivity index (χ3n) is 2.22. The van der Waals surface area contributed by atoms with Gasteiger partial charge < -0.3 is 0 Å². The molecule has 0 aliphatic carbocycles. The van der Waals surface area contributed by atoms with E-state index in [9.17, 15) is 4.39 Å². The van der Waals surface area contributed by atoms with Gasteiger partial charge in [-0.05, 0) is 34.9 Å². The lowest BCUT2D eigenvalue weighted by Crippen LogP contribution is -1.82. The lowest BCUT2D eigenvalue weighted by atomic mass is 10.1. The number of halogens is 1. The zero-order chi connectivity index (χ0) is 10.1. The molecular formula is C11H8FNS. The quantitative estimate of drug-likeness (QED) is 0.699. The largest absolute Gasteiger partial charge is 0.205 e. The zero-order valence-electron chi connectivity index (χ0n) is 7.67. The summed E-state index contributed by atoms with van der Waals surface area (Å²) in [5, 5.41) is 11.5. The number of nitriles is 1. The minimum absolute atomic E-state index is 0.288. The fraction of sp³-hybridized carbons (Fsp3) is 0.182. The van der Waals surface area contributed by atoms with E-state index in [2.05, 4.69) is 0 Å². The number of fused-ring (bicyclic) bond motifs is 1. The highest BCUT2D eigenvalue weighted by atomic mass is 32.1. The summed E-state index contributed by atoms with van der Waals surface area (Å²) in [5.41, 5.74) is 1.50. The molecule has 1 aromatic carbocycles. The molecule has 0 atom stereocenters. The van der Waals surface area contributed by atoms with Gasteiger partial charge in [0.15, 0.2) is 0 Å². The summed E-state index contributed by atoms with van der Waals surface area (Å²) in [6.45, 7) is 2.03. The van der Waals surface area contributed by atoms with Crippen molar-refractivity contribution in [2.75, 3.05) is 0 Å². The second-order valence-electron chi connectivity index (χ2n) is 3.06. The molecule has 0 radical (unpaired) electrons. The Morgan fingerprint density at radius 3 is 2.93 bits per heavy atom. The van der Waals surface area contributed by atoms with Crippen LogP contribution >= 0.6 is 11.3 Å². The summed E-state index contributed by atoms with van der Waals surface area (Å²) in [5.74, 6) is -0.288. The van der Waals surface area contributed by atoms with E-state index in [-0.39, 0.29) is 5.82 Å². The van der Waals surface area contributed by atoms with Gasteiger partial charge in [0.2, 0.25) is 0 Å². The minimum Gasteiger partial charge on any atom is -0.205 e. The Bertz CT molecular complexity index is 522. The number of nitrogens with zero attached hydrogens (tertiary/aromatic N) is 1. The Kier molecular flexibility index (Phi) is 2.22. The van der Waals surface area contributed by atoms with Gasteiger partial charge >= 0.3 is 0 Å². The number of benzene rings is 1. The standard InChI is InChI=1S/C11H8FNS/c1-2-8-6-14-11-9(8)3-7(5-13)4-10(11)12/h3-4,6H,2H2,1H3. The number of aryl methyl sites for hydroxylation is 1. The van der Waals surface area contributed by atoms with Crippen molar-refractivity contribution in [1.29, 1.82) is 5.26 Å². The molecule has 1 aromatic heterocycles. The number of thiophene rings is 1. The number of rotatable bonds is 1. The van der Waals surface area contributed by atoms with Gasteiger partial charge in [-0.3, -0.25) is 0 Å². The smallest absolute Gasteiger partial charge is 0.142 e. The predicted octanol–water partition coefficient (Wildman–Crippen LogP) is 3.47. The maximum absolute atomic E-state index is 13.4. The topological polar surface area (TPSA) is 23.8 Å². The summed E-state index contributed by atoms with van der Waals surface area (Å²) in [6, 6.07) is 5.01. The molecule has 0 aliphatic rings. The molecule has 14 heavy (non-hydrogen) atoms. The van der Waals surface area contributed by atoms with Gasteiger partial charge in [-0.25, -0.2) is 4.39 Å². The van der Waals surface area contributed by atoms with E-state index in [0.717, 1.165) is 17.4 Å². The van der Waals surface area contributed by atoms with Gasteiger partial charge in [-0.1, -0.05) is 6.92 Å². The zero-order valence-corrected chi connectivity index (χ0v) is 8.49. The Hall–Kier alpha value is -1.40. The van der Waals surface area contributed by atoms with Crippen molar-refractivity contribution < 1.29 is 4.39 Å². The molecule has 0 saturated carbocycles. The molecule has 0 amide bonds. The summed E-state index contributed by atoms with van der Waals surface area (Å²) in [6.07, 6.45) is 0.869. The highest BCUT2D eigenvalue weighted by Crippen LogP contribution is 2.29. The second-order valence-corrected chi connectivity index (χ2v) is 3.94. The first-order valence-corrected chi connectivity index (χ1v) is 5.24. The van der Waals surface area contributed by atoms with E-state index in [4.69, 9.17) is 5.26 Å². The van der Waals surface area contributed by atoms with Crippen LogP contribution in [0.15, 0.2) is 17.5 Å². The molecule has 0 fully saturated rings. The molecule has 0 spiro atoms. The molecule has 0 aliphatic heterocycles. The maximum Gasteiger partial charge on any atom is 0.142 e. The normalized spacial score (nSPS) is 10.4. The summed E-state index contributed by atoms with van der Waals surface area (Å²) < 4.78 is 14.1. The van der Waals surface area contributed by atoms with Gasteiger partial charge in [-0.15, -0.1) is 11.3 Å². The van der Waals surface area contributed by atoms with Crippen LogP contribution in [0.2, 0.25) is 0 Å². The van der Waals surface area contributed by atoms with Crippen molar-refractivity contribution in [3.05, 3.63) is 34.5 Å². The molecule has 0 unspecified atom stereocenters. The van der Waals surface area contributed by atoms with Crippen LogP contribution in [0, 0.1) is 17.1 Å². The molecule has 1 heterocycles. The molecule has 0 N–H and O–H groups in total. The van der Waals surface area contributed by atoms with Crippen LogP contribution in [0.1, 0.15) is 18.1 Å². The highest BCUT2D eigenvalue weighted by Gasteiger charge is 2.08. The molecular weight excluding hydrogens is 197 g/mol. The van der Waals surface area contributed by atoms with E-state index in [1.807, 2.05) is 18.4 Å². The third kappa shape index (κ3) is 1.28. The predicted molar refractivity (Wildman–Crippen MR) is 55.9 cm³/mol. The van der Waals surface area contributed by atoms with E-state index in [1.165, 1.54) is 17.4 Å². The molecule has 2 aromatic rings. The van der Waals surface area contributed by atoms with Gasteiger partial charge in [0.25, 0.3) is 0 Å². The fourth-order valence-corrected chi connectivity index (χ4v) is 2.53. The van der Waals surface area contributed by atoms with E-state index >= 15 is 0 Å². The van der Waals surface area contributed by atoms with Gasteiger partial charge in [-0.2, -0.15) is 5.26 Å². The van der Waals surface area contributed by atoms with Crippen LogP contribution < -0.4 is 0 Å². The third-order valence-corrected chi connectivity index (χ3v) is 3.27. The lowest BCUT2D eigenvalue weighted by Gasteiger charge is -1.96. The monoisotopic (exact) mass is 205 g/mol. The van der Waals surface area contributed by atoms with Crippen molar-refractivity contribution >= 4 is 21.4 Å². The summed E-state index contributed by atoms with van der Waals surface area (Å²) >= 11 is 1.40. The van der Waals surface area contributed by atoms with Crippen LogP contribution in [0.25, 0.3) is 10.1 Å². The average molecular weight is 205 g/mol. The van der Waals surface area contributed by atoms with E-state index < -0.39 is 0 Å². The van der Waals surface area contributed by atoms with Gasteiger partial charge in [0.05, 0.1) is 16.3 Å². The number of hydrogen-bond acceptors (Lipinski definition) is 2. The molecule has 0 bridgehead atoms. The maximum atomic E-state index is 13.4. The van der Waals surface area contributed by atoms with Crippen LogP contribution in [0.3, 0.4) is 0 Å². The van der Waals surface area contributed by atoms with Crippen LogP contribution in [0.5, 0.6) is 0 Å². The van der Waals surface area contributed by atoms with Gasteiger partial charge in [0.1, 0.15) is 5.82 Å². The molecule has 3 heteroatoms. The first kappa shape index (κ1) is 9.17. The summed E-state index contributed by atoms with van der Waals surface area (Å²) in [4.78, 5) is 0. The SMILES string of the molecule is CCc1csc2c(F)cc(C#N)cc12. The fourth-order valence-electron chi connectivity index (χ4n) is 1.48. The lowest BCUT2D eigenvalue weighted by molar-refractivity contribution is 0.641. The van der Waals surface area contributed by atoms with Crippen molar-refractivity contribution in [3.8, 4) is 6.07 Å². The highest BCUT2D eigenvalue weighted by molar-refractivity contribution is 7.17. The van der Waals surface area contributed by atoms with Crippen molar-refractivity contribution in [3.63, 3.8) is 0 Å². The van der Waals surface area contributed by atoms with E-state index in [1.54, 1.807) is 6.07 Å². The minimum atomic E-state index is -0.288. The Morgan fingerprint density at radius 1 is 1.50 bits per heavy atom. The molecule has 0 saturated heterocycles. The second kappa shape index (κ2) is 3.39. The molecule has 1 nitrogen and oxygen atoms in total.